The van der Waals surface area contributed by atoms with Gasteiger partial charge in [-0.3, -0.25) is 10.1 Å². The van der Waals surface area contributed by atoms with Crippen LogP contribution in [0, 0.1) is 10.1 Å². The summed E-state index contributed by atoms with van der Waals surface area (Å²) in [4.78, 5) is 22.4. The topological polar surface area (TPSA) is 78.7 Å². The second-order valence-corrected chi connectivity index (χ2v) is 4.73. The van der Waals surface area contributed by atoms with E-state index >= 15 is 0 Å². The highest BCUT2D eigenvalue weighted by Crippen LogP contribution is 2.36. The van der Waals surface area contributed by atoms with Gasteiger partial charge in [-0.1, -0.05) is 0 Å². The number of nitro groups is 1. The Balaban J connectivity index is 2.54. The third-order valence-electron chi connectivity index (χ3n) is 2.49. The Bertz CT molecular complexity index is 649. The highest BCUT2D eigenvalue weighted by Gasteiger charge is 2.19. The average Bonchev–Trinajstić information content (AvgIpc) is 2.80. The third kappa shape index (κ3) is 2.50. The number of methoxy groups -OCH3 is 1. The third-order valence-corrected chi connectivity index (χ3v) is 3.57. The number of nitrogens with zero attached hydrogens (tertiary/aromatic N) is 1. The SMILES string of the molecule is CCOC(=O)c1cc2cc([N+](=O)[O-])c(OC)cc2s1. The lowest BCUT2D eigenvalue weighted by atomic mass is 10.2. The minimum Gasteiger partial charge on any atom is -0.490 e. The van der Waals surface area contributed by atoms with E-state index in [0.717, 1.165) is 4.70 Å². The van der Waals surface area contributed by atoms with E-state index in [1.165, 1.54) is 24.5 Å². The Morgan fingerprint density at radius 1 is 1.42 bits per heavy atom. The summed E-state index contributed by atoms with van der Waals surface area (Å²) in [6.07, 6.45) is 0. The molecule has 19 heavy (non-hydrogen) atoms. The summed E-state index contributed by atoms with van der Waals surface area (Å²) in [6, 6.07) is 4.54. The summed E-state index contributed by atoms with van der Waals surface area (Å²) in [6.45, 7) is 2.01. The molecule has 0 saturated heterocycles. The van der Waals surface area contributed by atoms with Crippen molar-refractivity contribution in [2.75, 3.05) is 13.7 Å². The van der Waals surface area contributed by atoms with Crippen molar-refractivity contribution in [3.63, 3.8) is 0 Å². The maximum atomic E-state index is 11.6. The van der Waals surface area contributed by atoms with Crippen LogP contribution in [0.25, 0.3) is 10.1 Å². The van der Waals surface area contributed by atoms with Crippen molar-refractivity contribution in [1.82, 2.24) is 0 Å². The zero-order valence-electron chi connectivity index (χ0n) is 10.3. The van der Waals surface area contributed by atoms with Crippen molar-refractivity contribution in [3.05, 3.63) is 33.2 Å². The number of esters is 1. The smallest absolute Gasteiger partial charge is 0.348 e. The van der Waals surface area contributed by atoms with Gasteiger partial charge in [0, 0.05) is 22.2 Å². The number of carbonyl (C=O) groups excluding carboxylic acids is 1. The second kappa shape index (κ2) is 5.23. The van der Waals surface area contributed by atoms with Gasteiger partial charge < -0.3 is 9.47 Å². The first kappa shape index (κ1) is 13.3. The molecule has 0 N–H and O–H groups in total. The Hall–Kier alpha value is -2.15. The van der Waals surface area contributed by atoms with E-state index in [2.05, 4.69) is 0 Å². The van der Waals surface area contributed by atoms with Crippen LogP contribution in [0.4, 0.5) is 5.69 Å². The van der Waals surface area contributed by atoms with E-state index in [9.17, 15) is 14.9 Å². The Labute approximate surface area is 112 Å². The summed E-state index contributed by atoms with van der Waals surface area (Å²) in [7, 11) is 1.37. The molecule has 0 spiro atoms. The number of carbonyl (C=O) groups is 1. The van der Waals surface area contributed by atoms with Crippen molar-refractivity contribution in [1.29, 1.82) is 0 Å². The second-order valence-electron chi connectivity index (χ2n) is 3.65. The molecule has 1 heterocycles. The van der Waals surface area contributed by atoms with E-state index in [4.69, 9.17) is 9.47 Å². The summed E-state index contributed by atoms with van der Waals surface area (Å²) >= 11 is 1.22. The molecule has 2 aromatic rings. The number of fused-ring (bicyclic) bond motifs is 1. The van der Waals surface area contributed by atoms with Crippen LogP contribution in [0.1, 0.15) is 16.6 Å². The van der Waals surface area contributed by atoms with Crippen molar-refractivity contribution in [3.8, 4) is 5.75 Å². The standard InChI is InChI=1S/C12H11NO5S/c1-3-18-12(14)11-5-7-4-8(13(15)16)9(17-2)6-10(7)19-11/h4-6H,3H2,1-2H3. The van der Waals surface area contributed by atoms with Crippen molar-refractivity contribution < 1.29 is 19.2 Å². The first-order valence-electron chi connectivity index (χ1n) is 5.50. The van der Waals surface area contributed by atoms with Gasteiger partial charge >= 0.3 is 11.7 Å². The Kier molecular flexibility index (Phi) is 3.66. The van der Waals surface area contributed by atoms with E-state index in [0.29, 0.717) is 10.3 Å². The maximum Gasteiger partial charge on any atom is 0.348 e. The summed E-state index contributed by atoms with van der Waals surface area (Å²) < 4.78 is 10.6. The predicted molar refractivity (Wildman–Crippen MR) is 71.0 cm³/mol. The van der Waals surface area contributed by atoms with Crippen LogP contribution in [0.5, 0.6) is 5.75 Å². The van der Waals surface area contributed by atoms with Crippen LogP contribution in [0.2, 0.25) is 0 Å². The van der Waals surface area contributed by atoms with Crippen LogP contribution in [-0.4, -0.2) is 24.6 Å². The number of rotatable bonds is 4. The van der Waals surface area contributed by atoms with Crippen molar-refractivity contribution in [2.45, 2.75) is 6.92 Å². The zero-order valence-corrected chi connectivity index (χ0v) is 11.2. The van der Waals surface area contributed by atoms with Gasteiger partial charge in [-0.05, 0) is 13.0 Å². The zero-order chi connectivity index (χ0) is 14.0. The molecule has 0 unspecified atom stereocenters. The maximum absolute atomic E-state index is 11.6. The molecule has 7 heteroatoms. The van der Waals surface area contributed by atoms with E-state index in [-0.39, 0.29) is 18.0 Å². The largest absolute Gasteiger partial charge is 0.490 e. The quantitative estimate of drug-likeness (QED) is 0.489. The van der Waals surface area contributed by atoms with Gasteiger partial charge in [0.2, 0.25) is 0 Å². The number of hydrogen-bond donors (Lipinski definition) is 0. The number of ether oxygens (including phenoxy) is 2. The monoisotopic (exact) mass is 281 g/mol. The number of benzene rings is 1. The highest BCUT2D eigenvalue weighted by molar-refractivity contribution is 7.20. The number of hydrogen-bond acceptors (Lipinski definition) is 6. The number of thiophene rings is 1. The van der Waals surface area contributed by atoms with Crippen molar-refractivity contribution in [2.24, 2.45) is 0 Å². The van der Waals surface area contributed by atoms with Gasteiger partial charge in [0.05, 0.1) is 18.6 Å². The van der Waals surface area contributed by atoms with Gasteiger partial charge in [-0.2, -0.15) is 0 Å². The van der Waals surface area contributed by atoms with Gasteiger partial charge in [0.1, 0.15) is 4.88 Å². The molecule has 1 aromatic heterocycles. The first-order valence-corrected chi connectivity index (χ1v) is 6.31. The lowest BCUT2D eigenvalue weighted by Crippen LogP contribution is -2.01. The molecule has 0 aliphatic carbocycles. The molecule has 1 aromatic carbocycles. The van der Waals surface area contributed by atoms with E-state index < -0.39 is 10.9 Å². The molecule has 2 rings (SSSR count). The minimum absolute atomic E-state index is 0.122. The van der Waals surface area contributed by atoms with Crippen LogP contribution >= 0.6 is 11.3 Å². The predicted octanol–water partition coefficient (Wildman–Crippen LogP) is 2.99. The van der Waals surface area contributed by atoms with Gasteiger partial charge in [0.15, 0.2) is 5.75 Å². The molecule has 0 fully saturated rings. The molecule has 0 radical (unpaired) electrons. The normalized spacial score (nSPS) is 10.4. The fraction of sp³-hybridized carbons (Fsp3) is 0.250. The molecule has 0 aliphatic rings. The summed E-state index contributed by atoms with van der Waals surface area (Å²) in [5.41, 5.74) is -0.122. The lowest BCUT2D eigenvalue weighted by Gasteiger charge is -2.00. The van der Waals surface area contributed by atoms with Crippen LogP contribution in [0.3, 0.4) is 0 Å². The molecule has 100 valence electrons. The highest BCUT2D eigenvalue weighted by atomic mass is 32.1. The number of nitro benzene ring substituents is 1. The molecular weight excluding hydrogens is 270 g/mol. The molecular formula is C12H11NO5S. The van der Waals surface area contributed by atoms with Crippen LogP contribution in [0.15, 0.2) is 18.2 Å². The van der Waals surface area contributed by atoms with Crippen LogP contribution < -0.4 is 4.74 Å². The Morgan fingerprint density at radius 3 is 2.74 bits per heavy atom. The fourth-order valence-corrected chi connectivity index (χ4v) is 2.63. The molecule has 0 aliphatic heterocycles. The van der Waals surface area contributed by atoms with Crippen LogP contribution in [-0.2, 0) is 4.74 Å². The Morgan fingerprint density at radius 2 is 2.16 bits per heavy atom. The van der Waals surface area contributed by atoms with E-state index in [1.807, 2.05) is 0 Å². The molecule has 6 nitrogen and oxygen atoms in total. The summed E-state index contributed by atoms with van der Waals surface area (Å²) in [5.74, 6) is -0.250. The van der Waals surface area contributed by atoms with Gasteiger partial charge in [-0.25, -0.2) is 4.79 Å². The van der Waals surface area contributed by atoms with Crippen molar-refractivity contribution >= 4 is 33.1 Å². The average molecular weight is 281 g/mol. The van der Waals surface area contributed by atoms with Gasteiger partial charge in [0.25, 0.3) is 0 Å². The lowest BCUT2D eigenvalue weighted by molar-refractivity contribution is -0.385. The molecule has 0 amide bonds. The molecule has 0 atom stereocenters. The minimum atomic E-state index is -0.514. The van der Waals surface area contributed by atoms with E-state index in [1.54, 1.807) is 19.1 Å². The first-order chi connectivity index (χ1) is 9.06. The molecule has 0 saturated carbocycles. The van der Waals surface area contributed by atoms with Gasteiger partial charge in [-0.15, -0.1) is 11.3 Å². The summed E-state index contributed by atoms with van der Waals surface area (Å²) in [5, 5.41) is 11.5. The fourth-order valence-electron chi connectivity index (χ4n) is 1.67. The molecule has 0 bridgehead atoms.